The summed E-state index contributed by atoms with van der Waals surface area (Å²) < 4.78 is 0. The summed E-state index contributed by atoms with van der Waals surface area (Å²) in [5.74, 6) is -2.03. The molecule has 0 aliphatic rings. The van der Waals surface area contributed by atoms with Crippen LogP contribution in [0.15, 0.2) is 0 Å². The summed E-state index contributed by atoms with van der Waals surface area (Å²) in [6, 6.07) is -1.04. The number of carboxylic acid groups (broad SMARTS) is 1. The first-order valence-corrected chi connectivity index (χ1v) is 13.7. The molecule has 0 saturated heterocycles. The maximum absolute atomic E-state index is 12.0. The average Bonchev–Trinajstić information content (AvgIpc) is 2.81. The predicted octanol–water partition coefficient (Wildman–Crippen LogP) is 4.20. The van der Waals surface area contributed by atoms with Gasteiger partial charge in [-0.05, 0) is 19.3 Å². The SMILES string of the molecule is CCCCCCCCCCCCCCCCCC(=O)NCC(=O)N[C@@H](CCCNC(=N)N)C(=O)O. The van der Waals surface area contributed by atoms with E-state index < -0.39 is 17.9 Å². The molecule has 35 heavy (non-hydrogen) atoms. The molecule has 0 aromatic rings. The molecular formula is C26H51N5O4. The number of aliphatic carboxylic acids is 1. The van der Waals surface area contributed by atoms with Crippen molar-refractivity contribution in [3.8, 4) is 0 Å². The number of nitrogens with one attached hydrogen (secondary N) is 4. The summed E-state index contributed by atoms with van der Waals surface area (Å²) in [6.07, 6.45) is 20.0. The lowest BCUT2D eigenvalue weighted by atomic mass is 10.0. The standard InChI is InChI=1S/C26H51N5O4/c1-2-3-4-5-6-7-8-9-10-11-12-13-14-15-16-19-23(32)30-21-24(33)31-22(25(34)35)18-17-20-29-26(27)28/h22H,2-21H2,1H3,(H,30,32)(H,31,33)(H,34,35)(H4,27,28,29)/t22-/m0/s1. The van der Waals surface area contributed by atoms with Gasteiger partial charge in [0, 0.05) is 13.0 Å². The van der Waals surface area contributed by atoms with Crippen LogP contribution >= 0.6 is 0 Å². The second-order valence-corrected chi connectivity index (χ2v) is 9.42. The van der Waals surface area contributed by atoms with Gasteiger partial charge in [0.05, 0.1) is 6.54 Å². The van der Waals surface area contributed by atoms with Gasteiger partial charge in [-0.1, -0.05) is 96.8 Å². The summed E-state index contributed by atoms with van der Waals surface area (Å²) in [6.45, 7) is 2.38. The average molecular weight is 498 g/mol. The van der Waals surface area contributed by atoms with E-state index >= 15 is 0 Å². The number of hydrogen-bond acceptors (Lipinski definition) is 4. The van der Waals surface area contributed by atoms with Crippen molar-refractivity contribution in [1.29, 1.82) is 5.41 Å². The Morgan fingerprint density at radius 2 is 1.23 bits per heavy atom. The highest BCUT2D eigenvalue weighted by Crippen LogP contribution is 2.13. The van der Waals surface area contributed by atoms with Gasteiger partial charge < -0.3 is 26.8 Å². The molecule has 1 atom stereocenters. The molecule has 0 radical (unpaired) electrons. The maximum atomic E-state index is 12.0. The zero-order chi connectivity index (χ0) is 26.2. The van der Waals surface area contributed by atoms with Crippen molar-refractivity contribution in [2.24, 2.45) is 5.73 Å². The van der Waals surface area contributed by atoms with Gasteiger partial charge >= 0.3 is 5.97 Å². The molecule has 9 heteroatoms. The van der Waals surface area contributed by atoms with E-state index in [1.807, 2.05) is 0 Å². The minimum absolute atomic E-state index is 0.183. The third-order valence-electron chi connectivity index (χ3n) is 6.07. The number of carbonyl (C=O) groups is 3. The molecule has 0 saturated carbocycles. The predicted molar refractivity (Wildman–Crippen MR) is 141 cm³/mol. The monoisotopic (exact) mass is 497 g/mol. The van der Waals surface area contributed by atoms with Crippen molar-refractivity contribution in [1.82, 2.24) is 16.0 Å². The number of hydrogen-bond donors (Lipinski definition) is 6. The van der Waals surface area contributed by atoms with Crippen LogP contribution in [-0.2, 0) is 14.4 Å². The largest absolute Gasteiger partial charge is 0.480 e. The highest BCUT2D eigenvalue weighted by Gasteiger charge is 2.19. The fraction of sp³-hybridized carbons (Fsp3) is 0.846. The first-order valence-electron chi connectivity index (χ1n) is 13.7. The molecule has 0 aromatic heterocycles. The number of carbonyl (C=O) groups excluding carboxylic acids is 2. The zero-order valence-corrected chi connectivity index (χ0v) is 22.0. The second-order valence-electron chi connectivity index (χ2n) is 9.42. The van der Waals surface area contributed by atoms with Crippen LogP contribution in [0.1, 0.15) is 122 Å². The van der Waals surface area contributed by atoms with Crippen LogP contribution in [0, 0.1) is 5.41 Å². The molecule has 0 aliphatic heterocycles. The van der Waals surface area contributed by atoms with Crippen molar-refractivity contribution in [2.75, 3.05) is 13.1 Å². The van der Waals surface area contributed by atoms with Gasteiger partial charge in [0.15, 0.2) is 5.96 Å². The Morgan fingerprint density at radius 3 is 1.69 bits per heavy atom. The Bertz CT molecular complexity index is 586. The molecule has 0 rings (SSSR count). The number of unbranched alkanes of at least 4 members (excludes halogenated alkanes) is 14. The van der Waals surface area contributed by atoms with E-state index in [0.717, 1.165) is 19.3 Å². The summed E-state index contributed by atoms with van der Waals surface area (Å²) >= 11 is 0. The topological polar surface area (TPSA) is 157 Å². The van der Waals surface area contributed by atoms with Crippen LogP contribution in [0.3, 0.4) is 0 Å². The van der Waals surface area contributed by atoms with Crippen LogP contribution in [0.5, 0.6) is 0 Å². The molecule has 0 heterocycles. The van der Waals surface area contributed by atoms with E-state index in [2.05, 4.69) is 22.9 Å². The third-order valence-corrected chi connectivity index (χ3v) is 6.07. The van der Waals surface area contributed by atoms with Gasteiger partial charge in [-0.25, -0.2) is 4.79 Å². The molecule has 9 nitrogen and oxygen atoms in total. The highest BCUT2D eigenvalue weighted by atomic mass is 16.4. The Hall–Kier alpha value is -2.32. The summed E-state index contributed by atoms with van der Waals surface area (Å²) in [4.78, 5) is 35.2. The Morgan fingerprint density at radius 1 is 0.743 bits per heavy atom. The second kappa shape index (κ2) is 23.4. The summed E-state index contributed by atoms with van der Waals surface area (Å²) in [7, 11) is 0. The molecule has 204 valence electrons. The zero-order valence-electron chi connectivity index (χ0n) is 22.0. The molecule has 0 bridgehead atoms. The van der Waals surface area contributed by atoms with Gasteiger partial charge in [-0.2, -0.15) is 0 Å². The Labute approximate surface area is 212 Å². The van der Waals surface area contributed by atoms with Gasteiger partial charge in [-0.15, -0.1) is 0 Å². The lowest BCUT2D eigenvalue weighted by molar-refractivity contribution is -0.141. The van der Waals surface area contributed by atoms with Crippen molar-refractivity contribution < 1.29 is 19.5 Å². The van der Waals surface area contributed by atoms with Crippen LogP contribution in [0.2, 0.25) is 0 Å². The molecule has 0 fully saturated rings. The number of amides is 2. The van der Waals surface area contributed by atoms with Crippen LogP contribution in [-0.4, -0.2) is 48.0 Å². The number of rotatable bonds is 24. The lowest BCUT2D eigenvalue weighted by Crippen LogP contribution is -2.45. The van der Waals surface area contributed by atoms with E-state index in [1.54, 1.807) is 0 Å². The first kappa shape index (κ1) is 32.7. The minimum atomic E-state index is -1.13. The minimum Gasteiger partial charge on any atom is -0.480 e. The van der Waals surface area contributed by atoms with Crippen molar-refractivity contribution in [3.63, 3.8) is 0 Å². The summed E-state index contributed by atoms with van der Waals surface area (Å²) in [5.41, 5.74) is 5.17. The Kier molecular flexibility index (Phi) is 21.9. The first-order chi connectivity index (χ1) is 16.9. The molecular weight excluding hydrogens is 446 g/mol. The third kappa shape index (κ3) is 23.2. The molecule has 0 aliphatic carbocycles. The molecule has 2 amide bonds. The molecule has 0 unspecified atom stereocenters. The van der Waals surface area contributed by atoms with E-state index in [0.29, 0.717) is 19.4 Å². The van der Waals surface area contributed by atoms with Crippen molar-refractivity contribution in [2.45, 2.75) is 129 Å². The van der Waals surface area contributed by atoms with Gasteiger partial charge in [0.1, 0.15) is 6.04 Å². The highest BCUT2D eigenvalue weighted by molar-refractivity contribution is 5.87. The lowest BCUT2D eigenvalue weighted by Gasteiger charge is -2.15. The quantitative estimate of drug-likeness (QED) is 0.0666. The van der Waals surface area contributed by atoms with Crippen molar-refractivity contribution in [3.05, 3.63) is 0 Å². The number of carboxylic acids is 1. The van der Waals surface area contributed by atoms with Crippen LogP contribution in [0.25, 0.3) is 0 Å². The van der Waals surface area contributed by atoms with Gasteiger partial charge in [0.2, 0.25) is 11.8 Å². The molecule has 7 N–H and O–H groups in total. The fourth-order valence-corrected chi connectivity index (χ4v) is 3.96. The van der Waals surface area contributed by atoms with Crippen LogP contribution < -0.4 is 21.7 Å². The van der Waals surface area contributed by atoms with Gasteiger partial charge in [-0.3, -0.25) is 15.0 Å². The molecule has 0 spiro atoms. The van der Waals surface area contributed by atoms with E-state index in [9.17, 15) is 19.5 Å². The normalized spacial score (nSPS) is 11.6. The maximum Gasteiger partial charge on any atom is 0.326 e. The summed E-state index contributed by atoms with van der Waals surface area (Å²) in [5, 5.41) is 23.8. The van der Waals surface area contributed by atoms with Gasteiger partial charge in [0.25, 0.3) is 0 Å². The Balaban J connectivity index is 3.60. The van der Waals surface area contributed by atoms with Crippen LogP contribution in [0.4, 0.5) is 0 Å². The fourth-order valence-electron chi connectivity index (χ4n) is 3.96. The smallest absolute Gasteiger partial charge is 0.326 e. The van der Waals surface area contributed by atoms with E-state index in [-0.39, 0.29) is 24.8 Å². The number of guanidine groups is 1. The number of nitrogens with two attached hydrogens (primary N) is 1. The van der Waals surface area contributed by atoms with E-state index in [1.165, 1.54) is 77.0 Å². The van der Waals surface area contributed by atoms with E-state index in [4.69, 9.17) is 11.1 Å². The van der Waals surface area contributed by atoms with Crippen molar-refractivity contribution >= 4 is 23.7 Å². The molecule has 0 aromatic carbocycles.